The zero-order chi connectivity index (χ0) is 15.4. The number of halogens is 1. The normalized spacial score (nSPS) is 11.9. The van der Waals surface area contributed by atoms with Crippen molar-refractivity contribution in [3.05, 3.63) is 45.0 Å². The number of carbonyl (C=O) groups is 2. The third-order valence-electron chi connectivity index (χ3n) is 2.66. The summed E-state index contributed by atoms with van der Waals surface area (Å²) in [5, 5.41) is 14.1. The number of hydrogen-bond donors (Lipinski definition) is 3. The molecular weight excluding hydrogens is 316 g/mol. The molecule has 112 valence electrons. The van der Waals surface area contributed by atoms with Crippen LogP contribution < -0.4 is 10.6 Å². The molecule has 2 heterocycles. The number of thiophene rings is 1. The van der Waals surface area contributed by atoms with Gasteiger partial charge in [0.05, 0.1) is 16.9 Å². The van der Waals surface area contributed by atoms with Crippen LogP contribution in [0.3, 0.4) is 0 Å². The number of urea groups is 1. The summed E-state index contributed by atoms with van der Waals surface area (Å²) in [6.45, 7) is 1.95. The molecule has 2 aromatic heterocycles. The highest BCUT2D eigenvalue weighted by Gasteiger charge is 2.13. The van der Waals surface area contributed by atoms with Gasteiger partial charge in [0.15, 0.2) is 0 Å². The van der Waals surface area contributed by atoms with Gasteiger partial charge < -0.3 is 20.2 Å². The maximum Gasteiger partial charge on any atom is 0.371 e. The van der Waals surface area contributed by atoms with Crippen molar-refractivity contribution >= 4 is 34.9 Å². The van der Waals surface area contributed by atoms with Gasteiger partial charge in [-0.15, -0.1) is 11.3 Å². The van der Waals surface area contributed by atoms with Gasteiger partial charge in [0.25, 0.3) is 0 Å². The van der Waals surface area contributed by atoms with Crippen molar-refractivity contribution in [2.75, 3.05) is 0 Å². The van der Waals surface area contributed by atoms with Gasteiger partial charge in [-0.3, -0.25) is 0 Å². The average molecular weight is 329 g/mol. The van der Waals surface area contributed by atoms with Crippen LogP contribution in [0.15, 0.2) is 28.7 Å². The fourth-order valence-corrected chi connectivity index (χ4v) is 2.70. The number of carboxylic acids is 1. The summed E-state index contributed by atoms with van der Waals surface area (Å²) in [6.07, 6.45) is 0. The Hall–Kier alpha value is -1.99. The lowest BCUT2D eigenvalue weighted by Gasteiger charge is -2.12. The molecular formula is C13H13ClN2O4S. The summed E-state index contributed by atoms with van der Waals surface area (Å²) >= 11 is 7.24. The maximum atomic E-state index is 11.7. The van der Waals surface area contributed by atoms with Crippen molar-refractivity contribution in [1.82, 2.24) is 10.6 Å². The van der Waals surface area contributed by atoms with Gasteiger partial charge in [-0.25, -0.2) is 9.59 Å². The first-order chi connectivity index (χ1) is 9.95. The third kappa shape index (κ3) is 4.24. The fraction of sp³-hybridized carbons (Fsp3) is 0.231. The van der Waals surface area contributed by atoms with Crippen LogP contribution in [0.4, 0.5) is 4.79 Å². The van der Waals surface area contributed by atoms with Crippen molar-refractivity contribution in [2.24, 2.45) is 0 Å². The molecule has 1 atom stereocenters. The zero-order valence-corrected chi connectivity index (χ0v) is 12.6. The molecule has 0 aliphatic heterocycles. The van der Waals surface area contributed by atoms with E-state index in [2.05, 4.69) is 10.6 Å². The Bertz CT molecular complexity index is 652. The second-order valence-corrected chi connectivity index (χ2v) is 6.01. The lowest BCUT2D eigenvalue weighted by atomic mass is 10.3. The quantitative estimate of drug-likeness (QED) is 0.785. The number of hydrogen-bond acceptors (Lipinski definition) is 4. The van der Waals surface area contributed by atoms with Crippen LogP contribution in [0, 0.1) is 0 Å². The number of carboxylic acid groups (broad SMARTS) is 1. The van der Waals surface area contributed by atoms with Gasteiger partial charge in [0, 0.05) is 4.88 Å². The number of nitrogens with one attached hydrogen (secondary N) is 2. The minimum Gasteiger partial charge on any atom is -0.475 e. The molecule has 2 aromatic rings. The summed E-state index contributed by atoms with van der Waals surface area (Å²) < 4.78 is 5.69. The first-order valence-electron chi connectivity index (χ1n) is 6.07. The standard InChI is InChI=1S/C13H13ClN2O4S/c1-7(10-4-5-11(14)21-10)16-13(19)15-6-8-2-3-9(20-8)12(17)18/h2-5,7H,6H2,1H3,(H,17,18)(H2,15,16,19). The molecule has 1 unspecified atom stereocenters. The maximum absolute atomic E-state index is 11.7. The van der Waals surface area contributed by atoms with Crippen LogP contribution in [0.1, 0.15) is 34.2 Å². The topological polar surface area (TPSA) is 91.6 Å². The first-order valence-corrected chi connectivity index (χ1v) is 7.26. The van der Waals surface area contributed by atoms with E-state index >= 15 is 0 Å². The van der Waals surface area contributed by atoms with Gasteiger partial charge in [-0.1, -0.05) is 11.6 Å². The molecule has 21 heavy (non-hydrogen) atoms. The molecule has 0 fully saturated rings. The van der Waals surface area contributed by atoms with Crippen LogP contribution in [0.2, 0.25) is 4.34 Å². The minimum absolute atomic E-state index is 0.108. The van der Waals surface area contributed by atoms with E-state index in [-0.39, 0.29) is 24.4 Å². The Morgan fingerprint density at radius 2 is 2.14 bits per heavy atom. The molecule has 0 saturated heterocycles. The van der Waals surface area contributed by atoms with Crippen LogP contribution in [-0.2, 0) is 6.54 Å². The predicted molar refractivity (Wildman–Crippen MR) is 78.8 cm³/mol. The molecule has 0 aliphatic rings. The Morgan fingerprint density at radius 1 is 1.38 bits per heavy atom. The predicted octanol–water partition coefficient (Wildman–Crippen LogP) is 3.25. The van der Waals surface area contributed by atoms with E-state index in [1.807, 2.05) is 13.0 Å². The largest absolute Gasteiger partial charge is 0.475 e. The molecule has 0 aromatic carbocycles. The highest BCUT2D eigenvalue weighted by molar-refractivity contribution is 7.16. The van der Waals surface area contributed by atoms with E-state index in [0.717, 1.165) is 4.88 Å². The van der Waals surface area contributed by atoms with Crippen molar-refractivity contribution in [1.29, 1.82) is 0 Å². The molecule has 0 saturated carbocycles. The van der Waals surface area contributed by atoms with Gasteiger partial charge in [-0.2, -0.15) is 0 Å². The highest BCUT2D eigenvalue weighted by atomic mass is 35.5. The number of carbonyl (C=O) groups excluding carboxylic acids is 1. The Balaban J connectivity index is 1.82. The van der Waals surface area contributed by atoms with Crippen molar-refractivity contribution in [2.45, 2.75) is 19.5 Å². The molecule has 0 aliphatic carbocycles. The van der Waals surface area contributed by atoms with E-state index in [0.29, 0.717) is 10.1 Å². The first kappa shape index (κ1) is 15.4. The molecule has 6 nitrogen and oxygen atoms in total. The molecule has 0 radical (unpaired) electrons. The Labute approximate surface area is 129 Å². The monoisotopic (exact) mass is 328 g/mol. The van der Waals surface area contributed by atoms with Gasteiger partial charge in [0.2, 0.25) is 5.76 Å². The SMILES string of the molecule is CC(NC(=O)NCc1ccc(C(=O)O)o1)c1ccc(Cl)s1. The number of furan rings is 1. The van der Waals surface area contributed by atoms with E-state index in [4.69, 9.17) is 21.1 Å². The van der Waals surface area contributed by atoms with E-state index in [1.165, 1.54) is 23.5 Å². The molecule has 3 N–H and O–H groups in total. The van der Waals surface area contributed by atoms with Gasteiger partial charge in [0.1, 0.15) is 5.76 Å². The Morgan fingerprint density at radius 3 is 2.71 bits per heavy atom. The average Bonchev–Trinajstić information content (AvgIpc) is 3.05. The lowest BCUT2D eigenvalue weighted by molar-refractivity contribution is 0.0660. The third-order valence-corrected chi connectivity index (χ3v) is 4.08. The van der Waals surface area contributed by atoms with Crippen molar-refractivity contribution in [3.8, 4) is 0 Å². The van der Waals surface area contributed by atoms with Crippen LogP contribution in [0.5, 0.6) is 0 Å². The number of aromatic carboxylic acids is 1. The molecule has 0 bridgehead atoms. The molecule has 2 rings (SSSR count). The van der Waals surface area contributed by atoms with E-state index < -0.39 is 5.97 Å². The summed E-state index contributed by atoms with van der Waals surface area (Å²) in [5.41, 5.74) is 0. The summed E-state index contributed by atoms with van der Waals surface area (Å²) in [6, 6.07) is 5.92. The van der Waals surface area contributed by atoms with E-state index in [1.54, 1.807) is 6.07 Å². The van der Waals surface area contributed by atoms with Gasteiger partial charge >= 0.3 is 12.0 Å². The van der Waals surface area contributed by atoms with E-state index in [9.17, 15) is 9.59 Å². The Kier molecular flexibility index (Phi) is 4.87. The van der Waals surface area contributed by atoms with Gasteiger partial charge in [-0.05, 0) is 31.2 Å². The second-order valence-electron chi connectivity index (χ2n) is 4.26. The minimum atomic E-state index is -1.14. The molecule has 0 spiro atoms. The zero-order valence-electron chi connectivity index (χ0n) is 11.1. The van der Waals surface area contributed by atoms with Crippen molar-refractivity contribution < 1.29 is 19.1 Å². The van der Waals surface area contributed by atoms with Crippen LogP contribution >= 0.6 is 22.9 Å². The summed E-state index contributed by atoms with van der Waals surface area (Å²) in [4.78, 5) is 23.3. The molecule has 8 heteroatoms. The second kappa shape index (κ2) is 6.64. The smallest absolute Gasteiger partial charge is 0.371 e. The van der Waals surface area contributed by atoms with Crippen molar-refractivity contribution in [3.63, 3.8) is 0 Å². The van der Waals surface area contributed by atoms with Crippen LogP contribution in [-0.4, -0.2) is 17.1 Å². The fourth-order valence-electron chi connectivity index (χ4n) is 1.64. The molecule has 2 amide bonds. The number of amides is 2. The summed E-state index contributed by atoms with van der Waals surface area (Å²) in [7, 11) is 0. The van der Waals surface area contributed by atoms with Crippen LogP contribution in [0.25, 0.3) is 0 Å². The lowest BCUT2D eigenvalue weighted by Crippen LogP contribution is -2.36. The number of rotatable bonds is 5. The summed E-state index contributed by atoms with van der Waals surface area (Å²) in [5.74, 6) is -0.933. The highest BCUT2D eigenvalue weighted by Crippen LogP contribution is 2.26.